The van der Waals surface area contributed by atoms with Gasteiger partial charge >= 0.3 is 0 Å². The van der Waals surface area contributed by atoms with Crippen molar-refractivity contribution in [2.24, 2.45) is 0 Å². The molecule has 3 rings (SSSR count). The standard InChI is InChI=1S/C19H14ClN3O3/c1-25-16-8-14-15(9-17(16)26-2)22-18(23-19(14)24)12(10-21)7-11-3-5-13(20)6-4-11/h3-9H,1-2H3,(H,22,23,24). The van der Waals surface area contributed by atoms with Gasteiger partial charge in [0.05, 0.1) is 30.7 Å². The highest BCUT2D eigenvalue weighted by molar-refractivity contribution is 6.30. The highest BCUT2D eigenvalue weighted by Crippen LogP contribution is 2.30. The van der Waals surface area contributed by atoms with E-state index in [1.807, 2.05) is 0 Å². The third kappa shape index (κ3) is 3.39. The van der Waals surface area contributed by atoms with Gasteiger partial charge in [0.2, 0.25) is 0 Å². The number of fused-ring (bicyclic) bond motifs is 1. The fraction of sp³-hybridized carbons (Fsp3) is 0.105. The maximum absolute atomic E-state index is 12.4. The van der Waals surface area contributed by atoms with Crippen LogP contribution in [0.1, 0.15) is 11.4 Å². The van der Waals surface area contributed by atoms with Crippen LogP contribution in [0, 0.1) is 11.3 Å². The molecule has 6 nitrogen and oxygen atoms in total. The molecule has 0 radical (unpaired) electrons. The first-order valence-electron chi connectivity index (χ1n) is 7.59. The molecule has 0 aliphatic rings. The Morgan fingerprint density at radius 2 is 1.85 bits per heavy atom. The molecular formula is C19H14ClN3O3. The van der Waals surface area contributed by atoms with E-state index in [0.717, 1.165) is 5.56 Å². The number of nitrogens with one attached hydrogen (secondary N) is 1. The molecule has 0 spiro atoms. The molecule has 130 valence electrons. The Hall–Kier alpha value is -3.30. The zero-order valence-corrected chi connectivity index (χ0v) is 14.8. The second kappa shape index (κ2) is 7.30. The van der Waals surface area contributed by atoms with Gasteiger partial charge in [0.15, 0.2) is 17.3 Å². The molecule has 1 aromatic heterocycles. The number of halogens is 1. The van der Waals surface area contributed by atoms with Gasteiger partial charge in [-0.15, -0.1) is 0 Å². The van der Waals surface area contributed by atoms with Crippen LogP contribution in [0.5, 0.6) is 11.5 Å². The van der Waals surface area contributed by atoms with E-state index in [9.17, 15) is 10.1 Å². The largest absolute Gasteiger partial charge is 0.493 e. The van der Waals surface area contributed by atoms with Crippen molar-refractivity contribution < 1.29 is 9.47 Å². The van der Waals surface area contributed by atoms with Gasteiger partial charge in [0, 0.05) is 11.1 Å². The quantitative estimate of drug-likeness (QED) is 0.711. The number of benzene rings is 2. The normalized spacial score (nSPS) is 11.2. The monoisotopic (exact) mass is 367 g/mol. The van der Waals surface area contributed by atoms with Crippen molar-refractivity contribution in [3.63, 3.8) is 0 Å². The Morgan fingerprint density at radius 1 is 1.19 bits per heavy atom. The van der Waals surface area contributed by atoms with Gasteiger partial charge in [0.1, 0.15) is 6.07 Å². The van der Waals surface area contributed by atoms with E-state index < -0.39 is 0 Å². The molecule has 0 unspecified atom stereocenters. The Balaban J connectivity index is 2.16. The van der Waals surface area contributed by atoms with Gasteiger partial charge in [0.25, 0.3) is 5.56 Å². The lowest BCUT2D eigenvalue weighted by Crippen LogP contribution is -2.11. The third-order valence-electron chi connectivity index (χ3n) is 3.77. The first kappa shape index (κ1) is 17.5. The van der Waals surface area contributed by atoms with Gasteiger partial charge in [-0.3, -0.25) is 4.79 Å². The zero-order chi connectivity index (χ0) is 18.7. The second-order valence-electron chi connectivity index (χ2n) is 5.36. The average molecular weight is 368 g/mol. The predicted molar refractivity (Wildman–Crippen MR) is 100 cm³/mol. The maximum Gasteiger partial charge on any atom is 0.259 e. The number of nitriles is 1. The number of ether oxygens (including phenoxy) is 2. The van der Waals surface area contributed by atoms with Crippen LogP contribution >= 0.6 is 11.6 Å². The number of rotatable bonds is 4. The van der Waals surface area contributed by atoms with Crippen molar-refractivity contribution in [3.05, 3.63) is 63.2 Å². The lowest BCUT2D eigenvalue weighted by molar-refractivity contribution is 0.355. The van der Waals surface area contributed by atoms with Crippen molar-refractivity contribution in [1.29, 1.82) is 5.26 Å². The smallest absolute Gasteiger partial charge is 0.259 e. The van der Waals surface area contributed by atoms with E-state index >= 15 is 0 Å². The molecular weight excluding hydrogens is 354 g/mol. The van der Waals surface area contributed by atoms with Gasteiger partial charge in [-0.25, -0.2) is 4.98 Å². The minimum absolute atomic E-state index is 0.173. The first-order valence-corrected chi connectivity index (χ1v) is 7.97. The molecule has 0 amide bonds. The maximum atomic E-state index is 12.4. The molecule has 26 heavy (non-hydrogen) atoms. The van der Waals surface area contributed by atoms with Crippen molar-refractivity contribution in [1.82, 2.24) is 9.97 Å². The summed E-state index contributed by atoms with van der Waals surface area (Å²) in [5, 5.41) is 10.4. The molecule has 0 fully saturated rings. The summed E-state index contributed by atoms with van der Waals surface area (Å²) in [5.41, 5.74) is 1.02. The first-order chi connectivity index (χ1) is 12.5. The van der Waals surface area contributed by atoms with Crippen LogP contribution in [0.25, 0.3) is 22.6 Å². The summed E-state index contributed by atoms with van der Waals surface area (Å²) in [4.78, 5) is 19.5. The fourth-order valence-corrected chi connectivity index (χ4v) is 2.60. The van der Waals surface area contributed by atoms with E-state index in [0.29, 0.717) is 27.4 Å². The second-order valence-corrected chi connectivity index (χ2v) is 5.80. The summed E-state index contributed by atoms with van der Waals surface area (Å²) in [6.07, 6.45) is 1.63. The Morgan fingerprint density at radius 3 is 2.46 bits per heavy atom. The zero-order valence-electron chi connectivity index (χ0n) is 14.0. The van der Waals surface area contributed by atoms with Crippen LogP contribution in [0.3, 0.4) is 0 Å². The Bertz CT molecular complexity index is 1100. The van der Waals surface area contributed by atoms with Crippen molar-refractivity contribution in [2.75, 3.05) is 14.2 Å². The van der Waals surface area contributed by atoms with Crippen LogP contribution in [-0.4, -0.2) is 24.2 Å². The van der Waals surface area contributed by atoms with E-state index in [2.05, 4.69) is 16.0 Å². The SMILES string of the molecule is COc1cc2nc(C(C#N)=Cc3ccc(Cl)cc3)[nH]c(=O)c2cc1OC. The van der Waals surface area contributed by atoms with Gasteiger partial charge in [-0.05, 0) is 29.8 Å². The highest BCUT2D eigenvalue weighted by Gasteiger charge is 2.13. The summed E-state index contributed by atoms with van der Waals surface area (Å²) in [7, 11) is 2.99. The molecule has 0 atom stereocenters. The molecule has 0 bridgehead atoms. The fourth-order valence-electron chi connectivity index (χ4n) is 2.47. The Kier molecular flexibility index (Phi) is 4.92. The third-order valence-corrected chi connectivity index (χ3v) is 4.02. The van der Waals surface area contributed by atoms with E-state index in [1.165, 1.54) is 14.2 Å². The van der Waals surface area contributed by atoms with Crippen LogP contribution in [0.2, 0.25) is 5.02 Å². The van der Waals surface area contributed by atoms with Crippen LogP contribution < -0.4 is 15.0 Å². The number of hydrogen-bond donors (Lipinski definition) is 1. The average Bonchev–Trinajstić information content (AvgIpc) is 2.66. The number of aromatic nitrogens is 2. The molecule has 0 saturated heterocycles. The van der Waals surface area contributed by atoms with Crippen molar-refractivity contribution >= 4 is 34.2 Å². The van der Waals surface area contributed by atoms with Gasteiger partial charge in [-0.2, -0.15) is 5.26 Å². The molecule has 0 aliphatic carbocycles. The van der Waals surface area contributed by atoms with Gasteiger partial charge in [-0.1, -0.05) is 23.7 Å². The number of hydrogen-bond acceptors (Lipinski definition) is 5. The number of aromatic amines is 1. The van der Waals surface area contributed by atoms with E-state index in [4.69, 9.17) is 21.1 Å². The summed E-state index contributed by atoms with van der Waals surface area (Å²) >= 11 is 5.87. The molecule has 2 aromatic carbocycles. The minimum atomic E-state index is -0.372. The summed E-state index contributed by atoms with van der Waals surface area (Å²) in [6, 6.07) is 12.2. The minimum Gasteiger partial charge on any atom is -0.493 e. The van der Waals surface area contributed by atoms with Gasteiger partial charge < -0.3 is 14.5 Å². The number of nitrogens with zero attached hydrogens (tertiary/aromatic N) is 2. The van der Waals surface area contributed by atoms with Crippen molar-refractivity contribution in [3.8, 4) is 17.6 Å². The topological polar surface area (TPSA) is 88.0 Å². The predicted octanol–water partition coefficient (Wildman–Crippen LogP) is 3.66. The van der Waals surface area contributed by atoms with E-state index in [1.54, 1.807) is 42.5 Å². The van der Waals surface area contributed by atoms with Crippen molar-refractivity contribution in [2.45, 2.75) is 0 Å². The molecule has 1 N–H and O–H groups in total. The number of methoxy groups -OCH3 is 2. The number of H-pyrrole nitrogens is 1. The van der Waals surface area contributed by atoms with Crippen LogP contribution in [0.15, 0.2) is 41.2 Å². The summed E-state index contributed by atoms with van der Waals surface area (Å²) < 4.78 is 10.5. The van der Waals surface area contributed by atoms with E-state index in [-0.39, 0.29) is 17.0 Å². The Labute approximate surface area is 154 Å². The molecule has 1 heterocycles. The molecule has 0 aliphatic heterocycles. The lowest BCUT2D eigenvalue weighted by atomic mass is 10.1. The summed E-state index contributed by atoms with van der Waals surface area (Å²) in [5.74, 6) is 1.05. The molecule has 3 aromatic rings. The molecule has 0 saturated carbocycles. The van der Waals surface area contributed by atoms with Crippen LogP contribution in [0.4, 0.5) is 0 Å². The molecule has 7 heteroatoms. The lowest BCUT2D eigenvalue weighted by Gasteiger charge is -2.09. The highest BCUT2D eigenvalue weighted by atomic mass is 35.5. The van der Waals surface area contributed by atoms with Crippen LogP contribution in [-0.2, 0) is 0 Å². The number of allylic oxidation sites excluding steroid dienone is 1. The summed E-state index contributed by atoms with van der Waals surface area (Å²) in [6.45, 7) is 0.